The molecule has 7 heteroatoms. The summed E-state index contributed by atoms with van der Waals surface area (Å²) in [7, 11) is 0. The summed E-state index contributed by atoms with van der Waals surface area (Å²) in [5.41, 5.74) is 1.95. The molecular formula is C19H20N6O. The fourth-order valence-corrected chi connectivity index (χ4v) is 2.96. The van der Waals surface area contributed by atoms with E-state index < -0.39 is 0 Å². The minimum Gasteiger partial charge on any atom is -0.307 e. The van der Waals surface area contributed by atoms with E-state index in [1.165, 1.54) is 25.2 Å². The summed E-state index contributed by atoms with van der Waals surface area (Å²) in [5, 5.41) is 7.47. The van der Waals surface area contributed by atoms with Crippen LogP contribution in [0.4, 0.5) is 5.82 Å². The lowest BCUT2D eigenvalue weighted by molar-refractivity contribution is 0.102. The average Bonchev–Trinajstić information content (AvgIpc) is 3.45. The van der Waals surface area contributed by atoms with Crippen molar-refractivity contribution in [1.82, 2.24) is 24.7 Å². The first kappa shape index (κ1) is 16.4. The first-order valence-electron chi connectivity index (χ1n) is 8.73. The number of nitrogens with zero attached hydrogens (tertiary/aromatic N) is 5. The molecule has 0 aromatic carbocycles. The Morgan fingerprint density at radius 1 is 1.23 bits per heavy atom. The number of carbonyl (C=O) groups is 1. The molecule has 1 aliphatic rings. The molecule has 4 rings (SSSR count). The van der Waals surface area contributed by atoms with E-state index in [-0.39, 0.29) is 11.9 Å². The third-order valence-corrected chi connectivity index (χ3v) is 4.60. The molecule has 26 heavy (non-hydrogen) atoms. The maximum Gasteiger partial charge on any atom is 0.259 e. The Morgan fingerprint density at radius 2 is 2.00 bits per heavy atom. The van der Waals surface area contributed by atoms with Gasteiger partial charge in [0, 0.05) is 24.7 Å². The van der Waals surface area contributed by atoms with Gasteiger partial charge in [0.2, 0.25) is 0 Å². The van der Waals surface area contributed by atoms with Gasteiger partial charge in [-0.25, -0.2) is 14.6 Å². The molecule has 1 unspecified atom stereocenters. The summed E-state index contributed by atoms with van der Waals surface area (Å²) in [6.45, 7) is 4.07. The van der Waals surface area contributed by atoms with Gasteiger partial charge in [-0.3, -0.25) is 9.78 Å². The van der Waals surface area contributed by atoms with E-state index in [0.717, 1.165) is 5.69 Å². The molecule has 0 radical (unpaired) electrons. The number of hydrogen-bond donors (Lipinski definition) is 1. The molecule has 1 N–H and O–H groups in total. The number of nitrogens with one attached hydrogen (secondary N) is 1. The van der Waals surface area contributed by atoms with Crippen LogP contribution in [0.15, 0.2) is 42.9 Å². The van der Waals surface area contributed by atoms with Crippen LogP contribution in [0.25, 0.3) is 11.5 Å². The van der Waals surface area contributed by atoms with E-state index >= 15 is 0 Å². The van der Waals surface area contributed by atoms with Crippen molar-refractivity contribution in [1.29, 1.82) is 0 Å². The summed E-state index contributed by atoms with van der Waals surface area (Å²) < 4.78 is 1.91. The smallest absolute Gasteiger partial charge is 0.259 e. The summed E-state index contributed by atoms with van der Waals surface area (Å²) in [5.74, 6) is 1.60. The lowest BCUT2D eigenvalue weighted by atomic mass is 10.2. The summed E-state index contributed by atoms with van der Waals surface area (Å²) in [6.07, 6.45) is 7.16. The standard InChI is InChI=1S/C19H20N6O/c1-12-9-17(25(24-12)13(2)14-6-7-14)23-19(26)15-10-21-18(22-11-15)16-5-3-4-8-20-16/h3-5,8-11,13-14H,6-7H2,1-2H3,(H,23,26). The molecular weight excluding hydrogens is 328 g/mol. The summed E-state index contributed by atoms with van der Waals surface area (Å²) in [6, 6.07) is 7.70. The Kier molecular flexibility index (Phi) is 4.20. The van der Waals surface area contributed by atoms with Gasteiger partial charge < -0.3 is 5.32 Å². The van der Waals surface area contributed by atoms with Crippen LogP contribution < -0.4 is 5.32 Å². The van der Waals surface area contributed by atoms with E-state index in [2.05, 4.69) is 32.3 Å². The van der Waals surface area contributed by atoms with Crippen molar-refractivity contribution in [2.75, 3.05) is 5.32 Å². The van der Waals surface area contributed by atoms with Gasteiger partial charge in [-0.2, -0.15) is 5.10 Å². The number of amides is 1. The zero-order chi connectivity index (χ0) is 18.1. The minimum absolute atomic E-state index is 0.248. The SMILES string of the molecule is Cc1cc(NC(=O)c2cnc(-c3ccccn3)nc2)n(C(C)C2CC2)n1. The molecule has 1 amide bonds. The van der Waals surface area contributed by atoms with Crippen molar-refractivity contribution in [2.45, 2.75) is 32.7 Å². The third kappa shape index (κ3) is 3.33. The van der Waals surface area contributed by atoms with Crippen molar-refractivity contribution in [3.05, 3.63) is 54.1 Å². The Bertz CT molecular complexity index is 915. The molecule has 3 aromatic rings. The number of anilines is 1. The molecule has 132 valence electrons. The van der Waals surface area contributed by atoms with Gasteiger partial charge in [0.25, 0.3) is 5.91 Å². The highest BCUT2D eigenvalue weighted by Gasteiger charge is 2.31. The predicted octanol–water partition coefficient (Wildman–Crippen LogP) is 3.27. The Hall–Kier alpha value is -3.09. The number of rotatable bonds is 5. The molecule has 1 fully saturated rings. The average molecular weight is 348 g/mol. The van der Waals surface area contributed by atoms with Gasteiger partial charge in [-0.1, -0.05) is 6.07 Å². The van der Waals surface area contributed by atoms with Gasteiger partial charge in [0.15, 0.2) is 5.82 Å². The van der Waals surface area contributed by atoms with Crippen LogP contribution in [-0.4, -0.2) is 30.6 Å². The highest BCUT2D eigenvalue weighted by Crippen LogP contribution is 2.40. The molecule has 0 spiro atoms. The molecule has 7 nitrogen and oxygen atoms in total. The van der Waals surface area contributed by atoms with E-state index in [1.807, 2.05) is 35.9 Å². The zero-order valence-corrected chi connectivity index (χ0v) is 14.8. The number of carbonyl (C=O) groups excluding carboxylic acids is 1. The fraction of sp³-hybridized carbons (Fsp3) is 0.316. The maximum absolute atomic E-state index is 12.6. The fourth-order valence-electron chi connectivity index (χ4n) is 2.96. The van der Waals surface area contributed by atoms with Crippen LogP contribution in [-0.2, 0) is 0 Å². The highest BCUT2D eigenvalue weighted by atomic mass is 16.1. The quantitative estimate of drug-likeness (QED) is 0.765. The van der Waals surface area contributed by atoms with Crippen LogP contribution >= 0.6 is 0 Å². The monoisotopic (exact) mass is 348 g/mol. The third-order valence-electron chi connectivity index (χ3n) is 4.60. The first-order valence-corrected chi connectivity index (χ1v) is 8.73. The first-order chi connectivity index (χ1) is 12.6. The van der Waals surface area contributed by atoms with E-state index in [0.29, 0.717) is 28.8 Å². The lowest BCUT2D eigenvalue weighted by Gasteiger charge is -2.15. The topological polar surface area (TPSA) is 85.6 Å². The molecule has 1 saturated carbocycles. The summed E-state index contributed by atoms with van der Waals surface area (Å²) in [4.78, 5) is 25.3. The molecule has 0 saturated heterocycles. The van der Waals surface area contributed by atoms with Gasteiger partial charge in [-0.05, 0) is 44.7 Å². The molecule has 1 atom stereocenters. The molecule has 0 bridgehead atoms. The van der Waals surface area contributed by atoms with Gasteiger partial charge in [0.05, 0.1) is 17.3 Å². The second-order valence-electron chi connectivity index (χ2n) is 6.66. The van der Waals surface area contributed by atoms with Crippen LogP contribution in [0.1, 0.15) is 41.9 Å². The Balaban J connectivity index is 1.52. The number of aryl methyl sites for hydroxylation is 1. The maximum atomic E-state index is 12.6. The van der Waals surface area contributed by atoms with E-state index in [1.54, 1.807) is 6.20 Å². The van der Waals surface area contributed by atoms with E-state index in [9.17, 15) is 4.79 Å². The van der Waals surface area contributed by atoms with Gasteiger partial charge in [0.1, 0.15) is 11.5 Å². The minimum atomic E-state index is -0.248. The molecule has 1 aliphatic carbocycles. The van der Waals surface area contributed by atoms with Crippen molar-refractivity contribution in [3.63, 3.8) is 0 Å². The van der Waals surface area contributed by atoms with Crippen molar-refractivity contribution >= 4 is 11.7 Å². The Labute approximate surface area is 151 Å². The van der Waals surface area contributed by atoms with Crippen molar-refractivity contribution in [3.8, 4) is 11.5 Å². The predicted molar refractivity (Wildman–Crippen MR) is 97.6 cm³/mol. The number of hydrogen-bond acceptors (Lipinski definition) is 5. The van der Waals surface area contributed by atoms with Crippen molar-refractivity contribution in [2.24, 2.45) is 5.92 Å². The van der Waals surface area contributed by atoms with Crippen LogP contribution in [0, 0.1) is 12.8 Å². The van der Waals surface area contributed by atoms with Crippen LogP contribution in [0.3, 0.4) is 0 Å². The normalized spacial score (nSPS) is 14.8. The second kappa shape index (κ2) is 6.67. The molecule has 3 heterocycles. The number of aromatic nitrogens is 5. The van der Waals surface area contributed by atoms with E-state index in [4.69, 9.17) is 0 Å². The lowest BCUT2D eigenvalue weighted by Crippen LogP contribution is -2.18. The van der Waals surface area contributed by atoms with Crippen LogP contribution in [0.2, 0.25) is 0 Å². The van der Waals surface area contributed by atoms with Crippen molar-refractivity contribution < 1.29 is 4.79 Å². The molecule has 3 aromatic heterocycles. The largest absolute Gasteiger partial charge is 0.307 e. The number of pyridine rings is 1. The zero-order valence-electron chi connectivity index (χ0n) is 14.8. The summed E-state index contributed by atoms with van der Waals surface area (Å²) >= 11 is 0. The van der Waals surface area contributed by atoms with Gasteiger partial charge >= 0.3 is 0 Å². The molecule has 0 aliphatic heterocycles. The van der Waals surface area contributed by atoms with Crippen LogP contribution in [0.5, 0.6) is 0 Å². The highest BCUT2D eigenvalue weighted by molar-refractivity contribution is 6.03. The Morgan fingerprint density at radius 3 is 2.65 bits per heavy atom. The second-order valence-corrected chi connectivity index (χ2v) is 6.66. The van der Waals surface area contributed by atoms with Gasteiger partial charge in [-0.15, -0.1) is 0 Å².